The van der Waals surface area contributed by atoms with Crippen LogP contribution in [0.15, 0.2) is 18.2 Å². The van der Waals surface area contributed by atoms with Crippen LogP contribution >= 0.6 is 0 Å². The van der Waals surface area contributed by atoms with Crippen LogP contribution in [0.4, 0.5) is 8.78 Å². The standard InChI is InChI=1S/C16H22F2N2/c1-19-13-8-14-3-2-4-15(9-13)20(14)10-11-5-6-12(17)7-16(11)18/h5-7,13-15,19H,2-4,8-10H2,1H3. The normalized spacial score (nSPS) is 30.4. The van der Waals surface area contributed by atoms with Crippen molar-refractivity contribution in [3.63, 3.8) is 0 Å². The van der Waals surface area contributed by atoms with E-state index in [4.69, 9.17) is 0 Å². The van der Waals surface area contributed by atoms with E-state index >= 15 is 0 Å². The molecule has 2 saturated heterocycles. The van der Waals surface area contributed by atoms with E-state index in [1.165, 1.54) is 25.3 Å². The van der Waals surface area contributed by atoms with Crippen LogP contribution in [0.2, 0.25) is 0 Å². The molecule has 1 N–H and O–H groups in total. The fourth-order valence-corrected chi connectivity index (χ4v) is 3.82. The Bertz CT molecular complexity index is 464. The molecule has 20 heavy (non-hydrogen) atoms. The fraction of sp³-hybridized carbons (Fsp3) is 0.625. The summed E-state index contributed by atoms with van der Waals surface area (Å²) < 4.78 is 26.8. The molecule has 1 aromatic carbocycles. The molecule has 4 heteroatoms. The summed E-state index contributed by atoms with van der Waals surface area (Å²) in [5, 5.41) is 3.39. The number of fused-ring (bicyclic) bond motifs is 2. The van der Waals surface area contributed by atoms with Crippen LogP contribution in [0, 0.1) is 11.6 Å². The molecule has 110 valence electrons. The molecule has 2 atom stereocenters. The molecule has 2 aliphatic rings. The Morgan fingerprint density at radius 3 is 2.50 bits per heavy atom. The van der Waals surface area contributed by atoms with Gasteiger partial charge in [-0.05, 0) is 38.8 Å². The van der Waals surface area contributed by atoms with E-state index in [-0.39, 0.29) is 0 Å². The molecule has 3 rings (SSSR count). The van der Waals surface area contributed by atoms with E-state index in [0.29, 0.717) is 30.2 Å². The smallest absolute Gasteiger partial charge is 0.130 e. The van der Waals surface area contributed by atoms with Crippen LogP contribution in [0.5, 0.6) is 0 Å². The van der Waals surface area contributed by atoms with Crippen LogP contribution in [-0.4, -0.2) is 30.1 Å². The molecule has 2 bridgehead atoms. The van der Waals surface area contributed by atoms with Crippen molar-refractivity contribution in [2.24, 2.45) is 0 Å². The first-order valence-corrected chi connectivity index (χ1v) is 7.54. The maximum absolute atomic E-state index is 13.8. The molecule has 2 heterocycles. The zero-order valence-electron chi connectivity index (χ0n) is 11.9. The van der Waals surface area contributed by atoms with Gasteiger partial charge in [0.2, 0.25) is 0 Å². The number of nitrogens with one attached hydrogen (secondary N) is 1. The summed E-state index contributed by atoms with van der Waals surface area (Å²) in [5.74, 6) is -0.917. The van der Waals surface area contributed by atoms with Gasteiger partial charge in [-0.25, -0.2) is 8.78 Å². The van der Waals surface area contributed by atoms with Crippen LogP contribution in [0.1, 0.15) is 37.7 Å². The Morgan fingerprint density at radius 2 is 1.90 bits per heavy atom. The first-order valence-electron chi connectivity index (χ1n) is 7.54. The van der Waals surface area contributed by atoms with Crippen molar-refractivity contribution in [1.29, 1.82) is 0 Å². The van der Waals surface area contributed by atoms with Crippen molar-refractivity contribution in [1.82, 2.24) is 10.2 Å². The highest BCUT2D eigenvalue weighted by Crippen LogP contribution is 2.35. The minimum absolute atomic E-state index is 0.418. The SMILES string of the molecule is CNC1CC2CCCC(C1)N2Cc1ccc(F)cc1F. The summed E-state index contributed by atoms with van der Waals surface area (Å²) in [5.41, 5.74) is 0.617. The summed E-state index contributed by atoms with van der Waals surface area (Å²) in [6.07, 6.45) is 5.93. The highest BCUT2D eigenvalue weighted by Gasteiger charge is 2.37. The molecule has 0 aliphatic carbocycles. The van der Waals surface area contributed by atoms with E-state index in [1.807, 2.05) is 7.05 Å². The molecular formula is C16H22F2N2. The van der Waals surface area contributed by atoms with E-state index in [2.05, 4.69) is 10.2 Å². The van der Waals surface area contributed by atoms with Gasteiger partial charge in [-0.2, -0.15) is 0 Å². The lowest BCUT2D eigenvalue weighted by molar-refractivity contribution is 0.0183. The molecule has 1 aromatic rings. The molecule has 0 amide bonds. The topological polar surface area (TPSA) is 15.3 Å². The Labute approximate surface area is 119 Å². The second-order valence-corrected chi connectivity index (χ2v) is 6.10. The summed E-state index contributed by atoms with van der Waals surface area (Å²) in [6.45, 7) is 0.609. The third kappa shape index (κ3) is 2.72. The molecule has 0 radical (unpaired) electrons. The van der Waals surface area contributed by atoms with Crippen molar-refractivity contribution in [3.8, 4) is 0 Å². The third-order valence-corrected chi connectivity index (χ3v) is 4.90. The third-order valence-electron chi connectivity index (χ3n) is 4.90. The zero-order chi connectivity index (χ0) is 14.1. The lowest BCUT2D eigenvalue weighted by Crippen LogP contribution is -2.55. The Balaban J connectivity index is 1.76. The van der Waals surface area contributed by atoms with Crippen LogP contribution < -0.4 is 5.32 Å². The number of piperidine rings is 2. The van der Waals surface area contributed by atoms with Gasteiger partial charge < -0.3 is 5.32 Å². The fourth-order valence-electron chi connectivity index (χ4n) is 3.82. The van der Waals surface area contributed by atoms with Crippen molar-refractivity contribution in [3.05, 3.63) is 35.4 Å². The average Bonchev–Trinajstić information content (AvgIpc) is 2.41. The summed E-state index contributed by atoms with van der Waals surface area (Å²) >= 11 is 0. The zero-order valence-corrected chi connectivity index (χ0v) is 11.9. The van der Waals surface area contributed by atoms with E-state index in [9.17, 15) is 8.78 Å². The van der Waals surface area contributed by atoms with Gasteiger partial charge in [-0.15, -0.1) is 0 Å². The Morgan fingerprint density at radius 1 is 1.20 bits per heavy atom. The number of halogens is 2. The molecule has 0 aromatic heterocycles. The lowest BCUT2D eigenvalue weighted by atomic mass is 9.81. The number of benzene rings is 1. The minimum atomic E-state index is -0.500. The van der Waals surface area contributed by atoms with Crippen LogP contribution in [0.3, 0.4) is 0 Å². The predicted molar refractivity (Wildman–Crippen MR) is 75.4 cm³/mol. The number of hydrogen-bond acceptors (Lipinski definition) is 2. The van der Waals surface area contributed by atoms with Gasteiger partial charge in [0.15, 0.2) is 0 Å². The van der Waals surface area contributed by atoms with Gasteiger partial charge >= 0.3 is 0 Å². The highest BCUT2D eigenvalue weighted by atomic mass is 19.1. The largest absolute Gasteiger partial charge is 0.317 e. The summed E-state index contributed by atoms with van der Waals surface area (Å²) in [7, 11) is 2.02. The van der Waals surface area contributed by atoms with Crippen molar-refractivity contribution in [2.45, 2.75) is 56.8 Å². The van der Waals surface area contributed by atoms with E-state index in [1.54, 1.807) is 6.07 Å². The van der Waals surface area contributed by atoms with Crippen LogP contribution in [0.25, 0.3) is 0 Å². The summed E-state index contributed by atoms with van der Waals surface area (Å²) in [4.78, 5) is 2.44. The average molecular weight is 280 g/mol. The second kappa shape index (κ2) is 5.78. The Hall–Kier alpha value is -1.00. The first-order chi connectivity index (χ1) is 9.67. The highest BCUT2D eigenvalue weighted by molar-refractivity contribution is 5.19. The molecule has 2 nitrogen and oxygen atoms in total. The van der Waals surface area contributed by atoms with Gasteiger partial charge in [0.05, 0.1) is 0 Å². The number of hydrogen-bond donors (Lipinski definition) is 1. The maximum atomic E-state index is 13.8. The quantitative estimate of drug-likeness (QED) is 0.915. The van der Waals surface area contributed by atoms with Gasteiger partial charge in [0.25, 0.3) is 0 Å². The first kappa shape index (κ1) is 14.0. The van der Waals surface area contributed by atoms with E-state index < -0.39 is 11.6 Å². The molecule has 0 spiro atoms. The number of rotatable bonds is 3. The number of nitrogens with zero attached hydrogens (tertiary/aromatic N) is 1. The molecule has 2 fully saturated rings. The van der Waals surface area contributed by atoms with Crippen LogP contribution in [-0.2, 0) is 6.54 Å². The molecular weight excluding hydrogens is 258 g/mol. The van der Waals surface area contributed by atoms with Gasteiger partial charge in [0.1, 0.15) is 11.6 Å². The van der Waals surface area contributed by atoms with Crippen molar-refractivity contribution < 1.29 is 8.78 Å². The van der Waals surface area contributed by atoms with Crippen molar-refractivity contribution >= 4 is 0 Å². The van der Waals surface area contributed by atoms with Gasteiger partial charge in [0, 0.05) is 36.3 Å². The predicted octanol–water partition coefficient (Wildman–Crippen LogP) is 3.07. The maximum Gasteiger partial charge on any atom is 0.130 e. The summed E-state index contributed by atoms with van der Waals surface area (Å²) in [6, 6.07) is 5.58. The second-order valence-electron chi connectivity index (χ2n) is 6.10. The van der Waals surface area contributed by atoms with Gasteiger partial charge in [-0.3, -0.25) is 4.90 Å². The molecule has 2 aliphatic heterocycles. The minimum Gasteiger partial charge on any atom is -0.317 e. The van der Waals surface area contributed by atoms with E-state index in [0.717, 1.165) is 18.9 Å². The monoisotopic (exact) mass is 280 g/mol. The lowest BCUT2D eigenvalue weighted by Gasteiger charge is -2.49. The Kier molecular flexibility index (Phi) is 4.03. The molecule has 2 unspecified atom stereocenters. The van der Waals surface area contributed by atoms with Crippen molar-refractivity contribution in [2.75, 3.05) is 7.05 Å². The van der Waals surface area contributed by atoms with Gasteiger partial charge in [-0.1, -0.05) is 12.5 Å². The molecule has 0 saturated carbocycles.